The van der Waals surface area contributed by atoms with Crippen LogP contribution in [-0.2, 0) is 16.4 Å². The van der Waals surface area contributed by atoms with Crippen molar-refractivity contribution in [2.45, 2.75) is 18.2 Å². The highest BCUT2D eigenvalue weighted by atomic mass is 35.5. The molecule has 0 aliphatic heterocycles. The number of rotatable bonds is 5. The molecule has 0 aliphatic carbocycles. The average Bonchev–Trinajstić information content (AvgIpc) is 2.50. The molecule has 0 saturated carbocycles. The van der Waals surface area contributed by atoms with Gasteiger partial charge in [0.2, 0.25) is 10.0 Å². The number of hydrogen-bond donors (Lipinski definition) is 3. The summed E-state index contributed by atoms with van der Waals surface area (Å²) in [5, 5.41) is 11.0. The number of carbonyl (C=O) groups excluding carboxylic acids is 1. The summed E-state index contributed by atoms with van der Waals surface area (Å²) in [4.78, 5) is 11.9. The van der Waals surface area contributed by atoms with E-state index in [1.165, 1.54) is 12.1 Å². The van der Waals surface area contributed by atoms with Crippen LogP contribution in [0.2, 0.25) is 5.02 Å². The van der Waals surface area contributed by atoms with Crippen molar-refractivity contribution in [1.29, 1.82) is 0 Å². The van der Waals surface area contributed by atoms with Crippen LogP contribution in [0.5, 0.6) is 0 Å². The molecule has 0 saturated heterocycles. The Balaban J connectivity index is 1.83. The zero-order chi connectivity index (χ0) is 17.7. The summed E-state index contributed by atoms with van der Waals surface area (Å²) >= 11 is 6.00. The largest absolute Gasteiger partial charge is 0.338 e. The Morgan fingerprint density at radius 1 is 1.17 bits per heavy atom. The number of carbonyl (C=O) groups is 1. The minimum atomic E-state index is -3.69. The maximum atomic E-state index is 11.8. The van der Waals surface area contributed by atoms with Crippen molar-refractivity contribution in [3.05, 3.63) is 58.6 Å². The Morgan fingerprint density at radius 2 is 1.83 bits per heavy atom. The Hall–Kier alpha value is -2.09. The fraction of sp³-hybridized carbons (Fsp3) is 0.188. The second kappa shape index (κ2) is 7.65. The number of urea groups is 1. The maximum absolute atomic E-state index is 11.8. The van der Waals surface area contributed by atoms with E-state index in [9.17, 15) is 13.2 Å². The smallest absolute Gasteiger partial charge is 0.319 e. The summed E-state index contributed by atoms with van der Waals surface area (Å²) in [7, 11) is -3.69. The fourth-order valence-electron chi connectivity index (χ4n) is 2.01. The Morgan fingerprint density at radius 3 is 2.42 bits per heavy atom. The van der Waals surface area contributed by atoms with E-state index < -0.39 is 10.0 Å². The highest BCUT2D eigenvalue weighted by molar-refractivity contribution is 7.89. The van der Waals surface area contributed by atoms with Crippen LogP contribution < -0.4 is 15.8 Å². The molecule has 2 aromatic rings. The van der Waals surface area contributed by atoms with E-state index in [0.717, 1.165) is 11.1 Å². The number of primary sulfonamides is 1. The second-order valence-corrected chi connectivity index (χ2v) is 7.25. The summed E-state index contributed by atoms with van der Waals surface area (Å²) in [6, 6.07) is 11.2. The minimum Gasteiger partial charge on any atom is -0.338 e. The molecule has 24 heavy (non-hydrogen) atoms. The van der Waals surface area contributed by atoms with Crippen LogP contribution in [0.25, 0.3) is 0 Å². The van der Waals surface area contributed by atoms with Gasteiger partial charge >= 0.3 is 6.03 Å². The lowest BCUT2D eigenvalue weighted by atomic mass is 10.1. The van der Waals surface area contributed by atoms with Crippen molar-refractivity contribution in [3.8, 4) is 0 Å². The predicted octanol–water partition coefficient (Wildman–Crippen LogP) is 2.66. The molecule has 0 radical (unpaired) electrons. The van der Waals surface area contributed by atoms with Gasteiger partial charge in [0.15, 0.2) is 0 Å². The van der Waals surface area contributed by atoms with E-state index >= 15 is 0 Å². The van der Waals surface area contributed by atoms with Crippen molar-refractivity contribution < 1.29 is 13.2 Å². The van der Waals surface area contributed by atoms with E-state index in [4.69, 9.17) is 16.7 Å². The first-order valence-electron chi connectivity index (χ1n) is 7.18. The molecule has 8 heteroatoms. The molecule has 0 spiro atoms. The van der Waals surface area contributed by atoms with Gasteiger partial charge in [0.05, 0.1) is 4.90 Å². The molecule has 6 nitrogen and oxygen atoms in total. The zero-order valence-electron chi connectivity index (χ0n) is 13.0. The lowest BCUT2D eigenvalue weighted by Gasteiger charge is -2.09. The number of nitrogens with one attached hydrogen (secondary N) is 2. The summed E-state index contributed by atoms with van der Waals surface area (Å²) in [6.45, 7) is 2.29. The van der Waals surface area contributed by atoms with E-state index in [0.29, 0.717) is 23.7 Å². The summed E-state index contributed by atoms with van der Waals surface area (Å²) < 4.78 is 22.3. The number of aryl methyl sites for hydroxylation is 1. The van der Waals surface area contributed by atoms with Crippen molar-refractivity contribution in [2.75, 3.05) is 11.9 Å². The van der Waals surface area contributed by atoms with Crippen molar-refractivity contribution in [3.63, 3.8) is 0 Å². The molecule has 2 amide bonds. The average molecular weight is 368 g/mol. The highest BCUT2D eigenvalue weighted by Crippen LogP contribution is 2.19. The maximum Gasteiger partial charge on any atom is 0.319 e. The number of anilines is 1. The number of nitrogens with two attached hydrogens (primary N) is 1. The highest BCUT2D eigenvalue weighted by Gasteiger charge is 2.07. The Kier molecular flexibility index (Phi) is 5.82. The lowest BCUT2D eigenvalue weighted by molar-refractivity contribution is 0.252. The third-order valence-electron chi connectivity index (χ3n) is 3.38. The van der Waals surface area contributed by atoms with E-state index in [2.05, 4.69) is 10.6 Å². The van der Waals surface area contributed by atoms with Crippen molar-refractivity contribution in [2.24, 2.45) is 5.14 Å². The molecular weight excluding hydrogens is 350 g/mol. The topological polar surface area (TPSA) is 101 Å². The van der Waals surface area contributed by atoms with Gasteiger partial charge in [-0.3, -0.25) is 0 Å². The molecule has 0 aromatic heterocycles. The molecule has 0 atom stereocenters. The molecule has 0 aliphatic rings. The van der Waals surface area contributed by atoms with Crippen LogP contribution >= 0.6 is 11.6 Å². The van der Waals surface area contributed by atoms with Crippen LogP contribution in [-0.4, -0.2) is 21.0 Å². The minimum absolute atomic E-state index is 0.0631. The van der Waals surface area contributed by atoms with Gasteiger partial charge in [-0.25, -0.2) is 18.4 Å². The molecule has 2 rings (SSSR count). The monoisotopic (exact) mass is 367 g/mol. The van der Waals surface area contributed by atoms with Gasteiger partial charge in [-0.05, 0) is 48.7 Å². The van der Waals surface area contributed by atoms with Crippen molar-refractivity contribution in [1.82, 2.24) is 5.32 Å². The predicted molar refractivity (Wildman–Crippen MR) is 94.7 cm³/mol. The second-order valence-electron chi connectivity index (χ2n) is 5.28. The Labute approximate surface area is 146 Å². The SMILES string of the molecule is Cc1ccc(NC(=O)NCCc2ccc(S(N)(=O)=O)cc2)cc1Cl. The molecule has 2 aromatic carbocycles. The number of sulfonamides is 1. The van der Waals surface area contributed by atoms with Gasteiger partial charge in [0.25, 0.3) is 0 Å². The standard InChI is InChI=1S/C16H18ClN3O3S/c1-11-2-5-13(10-15(11)17)20-16(21)19-9-8-12-3-6-14(7-4-12)24(18,22)23/h2-7,10H,8-9H2,1H3,(H2,18,22,23)(H2,19,20,21). The van der Waals surface area contributed by atoms with Crippen molar-refractivity contribution >= 4 is 33.3 Å². The van der Waals surface area contributed by atoms with Crippen LogP contribution in [0.1, 0.15) is 11.1 Å². The number of benzene rings is 2. The lowest BCUT2D eigenvalue weighted by Crippen LogP contribution is -2.30. The van der Waals surface area contributed by atoms with Crippen LogP contribution in [0.4, 0.5) is 10.5 Å². The molecule has 0 heterocycles. The van der Waals surface area contributed by atoms with E-state index in [1.807, 2.05) is 13.0 Å². The van der Waals surface area contributed by atoms with Gasteiger partial charge in [-0.1, -0.05) is 29.8 Å². The quantitative estimate of drug-likeness (QED) is 0.757. The van der Waals surface area contributed by atoms with Gasteiger partial charge < -0.3 is 10.6 Å². The molecular formula is C16H18ClN3O3S. The fourth-order valence-corrected chi connectivity index (χ4v) is 2.71. The van der Waals surface area contributed by atoms with Gasteiger partial charge in [-0.2, -0.15) is 0 Å². The molecule has 0 bridgehead atoms. The summed E-state index contributed by atoms with van der Waals surface area (Å²) in [5.74, 6) is 0. The third kappa shape index (κ3) is 5.23. The first-order valence-corrected chi connectivity index (χ1v) is 9.11. The first kappa shape index (κ1) is 18.3. The third-order valence-corrected chi connectivity index (χ3v) is 4.72. The summed E-state index contributed by atoms with van der Waals surface area (Å²) in [5.41, 5.74) is 2.44. The number of hydrogen-bond acceptors (Lipinski definition) is 3. The molecule has 128 valence electrons. The molecule has 0 fully saturated rings. The van der Waals surface area contributed by atoms with Gasteiger partial charge in [0, 0.05) is 17.3 Å². The number of amides is 2. The molecule has 4 N–H and O–H groups in total. The number of halogens is 1. The van der Waals surface area contributed by atoms with E-state index in [-0.39, 0.29) is 10.9 Å². The first-order chi connectivity index (χ1) is 11.3. The van der Waals surface area contributed by atoms with Gasteiger partial charge in [-0.15, -0.1) is 0 Å². The Bertz CT molecular complexity index is 836. The summed E-state index contributed by atoms with van der Waals surface area (Å²) in [6.07, 6.45) is 0.562. The van der Waals surface area contributed by atoms with Crippen LogP contribution in [0.3, 0.4) is 0 Å². The molecule has 0 unspecified atom stereocenters. The zero-order valence-corrected chi connectivity index (χ0v) is 14.6. The van der Waals surface area contributed by atoms with E-state index in [1.54, 1.807) is 24.3 Å². The van der Waals surface area contributed by atoms with Crippen LogP contribution in [0, 0.1) is 6.92 Å². The van der Waals surface area contributed by atoms with Gasteiger partial charge in [0.1, 0.15) is 0 Å². The normalized spacial score (nSPS) is 11.1. The van der Waals surface area contributed by atoms with Crippen LogP contribution in [0.15, 0.2) is 47.4 Å².